The molecule has 174 valence electrons. The topological polar surface area (TPSA) is 82.5 Å². The van der Waals surface area contributed by atoms with Gasteiger partial charge >= 0.3 is 0 Å². The molecule has 8 nitrogen and oxygen atoms in total. The van der Waals surface area contributed by atoms with Crippen LogP contribution in [0.4, 0.5) is 10.1 Å². The van der Waals surface area contributed by atoms with Gasteiger partial charge in [0.15, 0.2) is 11.5 Å². The summed E-state index contributed by atoms with van der Waals surface area (Å²) in [4.78, 5) is 32.3. The number of halogens is 1. The lowest BCUT2D eigenvalue weighted by molar-refractivity contribution is -0.120. The highest BCUT2D eigenvalue weighted by Crippen LogP contribution is 2.38. The Balaban J connectivity index is 1.74. The number of carbonyl (C=O) groups excluding carboxylic acids is 2. The normalized spacial score (nSPS) is 17.2. The molecule has 0 bridgehead atoms. The first kappa shape index (κ1) is 22.8. The van der Waals surface area contributed by atoms with Crippen LogP contribution < -0.4 is 14.4 Å². The molecule has 0 unspecified atom stereocenters. The number of carbonyl (C=O) groups is 2. The Hall–Kier alpha value is -3.43. The molecular weight excluding hydrogens is 429 g/mol. The van der Waals surface area contributed by atoms with Gasteiger partial charge in [0.05, 0.1) is 32.1 Å². The zero-order valence-corrected chi connectivity index (χ0v) is 18.6. The van der Waals surface area contributed by atoms with E-state index in [1.807, 2.05) is 4.90 Å². The van der Waals surface area contributed by atoms with Crippen LogP contribution in [-0.2, 0) is 9.59 Å². The van der Waals surface area contributed by atoms with Crippen molar-refractivity contribution in [1.29, 1.82) is 0 Å². The molecule has 2 amide bonds. The van der Waals surface area contributed by atoms with Gasteiger partial charge in [-0.2, -0.15) is 0 Å². The van der Waals surface area contributed by atoms with Crippen molar-refractivity contribution in [3.8, 4) is 11.5 Å². The first-order valence-corrected chi connectivity index (χ1v) is 10.7. The molecule has 0 atom stereocenters. The fourth-order valence-corrected chi connectivity index (χ4v) is 4.22. The third kappa shape index (κ3) is 4.29. The lowest BCUT2D eigenvalue weighted by Crippen LogP contribution is -2.48. The molecular formula is C24H26FN3O5. The number of ether oxygens (including phenoxy) is 2. The first-order chi connectivity index (χ1) is 16.0. The van der Waals surface area contributed by atoms with Gasteiger partial charge in [-0.3, -0.25) is 14.5 Å². The molecule has 4 rings (SSSR count). The van der Waals surface area contributed by atoms with Crippen molar-refractivity contribution >= 4 is 23.1 Å². The Morgan fingerprint density at radius 1 is 0.909 bits per heavy atom. The zero-order valence-electron chi connectivity index (χ0n) is 18.6. The van der Waals surface area contributed by atoms with Crippen molar-refractivity contribution in [1.82, 2.24) is 9.80 Å². The fraction of sp³-hybridized carbons (Fsp3) is 0.333. The number of aliphatic hydroxyl groups excluding tert-OH is 1. The van der Waals surface area contributed by atoms with Crippen LogP contribution in [-0.4, -0.2) is 80.3 Å². The average molecular weight is 455 g/mol. The number of imide groups is 1. The lowest BCUT2D eigenvalue weighted by Gasteiger charge is -2.36. The van der Waals surface area contributed by atoms with E-state index in [0.717, 1.165) is 4.90 Å². The van der Waals surface area contributed by atoms with Gasteiger partial charge in [0.25, 0.3) is 11.8 Å². The Morgan fingerprint density at radius 3 is 2.18 bits per heavy atom. The van der Waals surface area contributed by atoms with Crippen LogP contribution in [0, 0.1) is 5.82 Å². The molecule has 2 aromatic rings. The molecule has 0 spiro atoms. The van der Waals surface area contributed by atoms with Crippen molar-refractivity contribution in [2.75, 3.05) is 58.5 Å². The number of β-amino-alcohol motifs (C(OH)–C–C–N with tert-alkyl or cyclic N) is 1. The molecule has 1 fully saturated rings. The molecule has 9 heteroatoms. The number of aliphatic hydroxyl groups is 1. The minimum atomic E-state index is -0.480. The molecule has 2 aliphatic rings. The summed E-state index contributed by atoms with van der Waals surface area (Å²) in [6.45, 7) is 2.98. The lowest BCUT2D eigenvalue weighted by atomic mass is 10.0. The van der Waals surface area contributed by atoms with Crippen LogP contribution in [0.1, 0.15) is 5.56 Å². The van der Waals surface area contributed by atoms with Gasteiger partial charge in [-0.25, -0.2) is 9.29 Å². The van der Waals surface area contributed by atoms with Crippen LogP contribution in [0.2, 0.25) is 0 Å². The maximum atomic E-state index is 13.6. The van der Waals surface area contributed by atoms with Gasteiger partial charge in [-0.1, -0.05) is 12.1 Å². The molecule has 2 aromatic carbocycles. The van der Waals surface area contributed by atoms with Crippen LogP contribution in [0.5, 0.6) is 11.5 Å². The van der Waals surface area contributed by atoms with E-state index >= 15 is 0 Å². The maximum Gasteiger partial charge on any atom is 0.282 e. The van der Waals surface area contributed by atoms with Crippen molar-refractivity contribution in [3.63, 3.8) is 0 Å². The minimum Gasteiger partial charge on any atom is -0.493 e. The number of nitrogens with zero attached hydrogens (tertiary/aromatic N) is 3. The van der Waals surface area contributed by atoms with Crippen molar-refractivity contribution < 1.29 is 28.6 Å². The summed E-state index contributed by atoms with van der Waals surface area (Å²) in [7, 11) is 2.99. The second-order valence-corrected chi connectivity index (χ2v) is 7.77. The summed E-state index contributed by atoms with van der Waals surface area (Å²) in [5.74, 6) is -0.474. The number of amides is 2. The molecule has 0 radical (unpaired) electrons. The van der Waals surface area contributed by atoms with Crippen LogP contribution in [0.15, 0.2) is 48.2 Å². The van der Waals surface area contributed by atoms with Crippen molar-refractivity contribution in [2.24, 2.45) is 0 Å². The largest absolute Gasteiger partial charge is 0.493 e. The molecule has 1 saturated heterocycles. The van der Waals surface area contributed by atoms with Crippen molar-refractivity contribution in [3.05, 3.63) is 59.5 Å². The van der Waals surface area contributed by atoms with E-state index in [1.165, 1.54) is 38.5 Å². The Kier molecular flexibility index (Phi) is 6.62. The number of hydrogen-bond donors (Lipinski definition) is 1. The predicted octanol–water partition coefficient (Wildman–Crippen LogP) is 1.74. The second kappa shape index (κ2) is 9.60. The van der Waals surface area contributed by atoms with Gasteiger partial charge in [0.1, 0.15) is 11.5 Å². The standard InChI is InChI=1S/C24H26FN3O5/c1-32-19-8-7-18(15-20(19)33-2)28-23(30)21(16-3-5-17(25)6-4-16)22(24(28)31)27-11-9-26(10-12-27)13-14-29/h3-8,15,29H,9-14H2,1-2H3. The Bertz CT molecular complexity index is 1080. The van der Waals surface area contributed by atoms with E-state index < -0.39 is 17.6 Å². The van der Waals surface area contributed by atoms with E-state index in [4.69, 9.17) is 9.47 Å². The SMILES string of the molecule is COc1ccc(N2C(=O)C(c3ccc(F)cc3)=C(N3CCN(CCO)CC3)C2=O)cc1OC. The third-order valence-electron chi connectivity index (χ3n) is 5.92. The molecule has 33 heavy (non-hydrogen) atoms. The molecule has 0 aromatic heterocycles. The summed E-state index contributed by atoms with van der Waals surface area (Å²) >= 11 is 0. The third-order valence-corrected chi connectivity index (χ3v) is 5.92. The van der Waals surface area contributed by atoms with E-state index in [2.05, 4.69) is 4.90 Å². The quantitative estimate of drug-likeness (QED) is 0.637. The first-order valence-electron chi connectivity index (χ1n) is 10.7. The number of rotatable bonds is 7. The van der Waals surface area contributed by atoms with E-state index in [0.29, 0.717) is 61.2 Å². The Labute approximate surface area is 191 Å². The molecule has 2 heterocycles. The number of benzene rings is 2. The summed E-state index contributed by atoms with van der Waals surface area (Å²) in [6.07, 6.45) is 0. The molecule has 1 N–H and O–H groups in total. The minimum absolute atomic E-state index is 0.0635. The average Bonchev–Trinajstić information content (AvgIpc) is 3.09. The molecule has 2 aliphatic heterocycles. The van der Waals surface area contributed by atoms with E-state index in [-0.39, 0.29) is 12.2 Å². The highest BCUT2D eigenvalue weighted by molar-refractivity contribution is 6.45. The number of hydrogen-bond acceptors (Lipinski definition) is 7. The monoisotopic (exact) mass is 455 g/mol. The fourth-order valence-electron chi connectivity index (χ4n) is 4.22. The maximum absolute atomic E-state index is 13.6. The van der Waals surface area contributed by atoms with Gasteiger partial charge in [-0.05, 0) is 29.8 Å². The summed E-state index contributed by atoms with van der Waals surface area (Å²) in [5, 5.41) is 9.21. The highest BCUT2D eigenvalue weighted by atomic mass is 19.1. The van der Waals surface area contributed by atoms with Crippen molar-refractivity contribution in [2.45, 2.75) is 0 Å². The number of piperazine rings is 1. The van der Waals surface area contributed by atoms with E-state index in [9.17, 15) is 19.1 Å². The second-order valence-electron chi connectivity index (χ2n) is 7.77. The number of anilines is 1. The van der Waals surface area contributed by atoms with Gasteiger partial charge in [0, 0.05) is 38.8 Å². The van der Waals surface area contributed by atoms with E-state index in [1.54, 1.807) is 18.2 Å². The van der Waals surface area contributed by atoms with Crippen LogP contribution in [0.3, 0.4) is 0 Å². The highest BCUT2D eigenvalue weighted by Gasteiger charge is 2.43. The van der Waals surface area contributed by atoms with Gasteiger partial charge in [-0.15, -0.1) is 0 Å². The smallest absolute Gasteiger partial charge is 0.282 e. The summed E-state index contributed by atoms with van der Waals surface area (Å²) < 4.78 is 24.2. The molecule has 0 aliphatic carbocycles. The predicted molar refractivity (Wildman–Crippen MR) is 120 cm³/mol. The number of methoxy groups -OCH3 is 2. The Morgan fingerprint density at radius 2 is 1.58 bits per heavy atom. The summed E-state index contributed by atoms with van der Waals surface area (Å²) in [6, 6.07) is 10.4. The zero-order chi connectivity index (χ0) is 23.5. The van der Waals surface area contributed by atoms with Crippen LogP contribution in [0.25, 0.3) is 5.57 Å². The summed E-state index contributed by atoms with van der Waals surface area (Å²) in [5.41, 5.74) is 1.37. The molecule has 0 saturated carbocycles. The van der Waals surface area contributed by atoms with Gasteiger partial charge < -0.3 is 19.5 Å². The van der Waals surface area contributed by atoms with Gasteiger partial charge in [0.2, 0.25) is 0 Å². The van der Waals surface area contributed by atoms with Crippen LogP contribution >= 0.6 is 0 Å².